The Morgan fingerprint density at radius 3 is 2.78 bits per heavy atom. The highest BCUT2D eigenvalue weighted by Gasteiger charge is 2.07. The zero-order chi connectivity index (χ0) is 13.0. The van der Waals surface area contributed by atoms with Crippen LogP contribution in [-0.4, -0.2) is 12.9 Å². The minimum atomic E-state index is 0.378. The molecule has 0 fully saturated rings. The third-order valence-corrected chi connectivity index (χ3v) is 3.06. The van der Waals surface area contributed by atoms with E-state index in [-0.39, 0.29) is 0 Å². The van der Waals surface area contributed by atoms with E-state index < -0.39 is 0 Å². The van der Waals surface area contributed by atoms with Gasteiger partial charge in [-0.15, -0.1) is 0 Å². The second-order valence-corrected chi connectivity index (χ2v) is 4.28. The van der Waals surface area contributed by atoms with Crippen LogP contribution in [0.5, 0.6) is 5.75 Å². The van der Waals surface area contributed by atoms with Gasteiger partial charge in [-0.25, -0.2) is 0 Å². The number of halogens is 1. The molecule has 0 N–H and O–H groups in total. The first-order chi connectivity index (χ1) is 8.76. The summed E-state index contributed by atoms with van der Waals surface area (Å²) in [5.74, 6) is 0.585. The number of carbonyl (C=O) groups excluding carboxylic acids is 1. The van der Waals surface area contributed by atoms with Gasteiger partial charge < -0.3 is 4.74 Å². The van der Waals surface area contributed by atoms with Gasteiger partial charge in [-0.1, -0.05) is 41.9 Å². The molecular weight excluding hydrogens is 248 g/mol. The van der Waals surface area contributed by atoms with Crippen molar-refractivity contribution in [1.82, 2.24) is 0 Å². The zero-order valence-corrected chi connectivity index (χ0v) is 10.8. The standard InChI is InChI=1S/C15H13ClO2/c1-11(8-16)10-18-15-7-6-12-4-2-3-5-13(12)14(15)9-17/h2-9H,10H2,1H3/b11-8-. The van der Waals surface area contributed by atoms with Crippen molar-refractivity contribution in [2.24, 2.45) is 0 Å². The molecule has 0 aliphatic heterocycles. The maximum atomic E-state index is 11.2. The lowest BCUT2D eigenvalue weighted by molar-refractivity contribution is 0.112. The second kappa shape index (κ2) is 5.69. The van der Waals surface area contributed by atoms with Crippen molar-refractivity contribution in [2.45, 2.75) is 6.92 Å². The van der Waals surface area contributed by atoms with Crippen LogP contribution in [0.1, 0.15) is 17.3 Å². The smallest absolute Gasteiger partial charge is 0.154 e. The van der Waals surface area contributed by atoms with Crippen LogP contribution < -0.4 is 4.74 Å². The minimum Gasteiger partial charge on any atom is -0.488 e. The second-order valence-electron chi connectivity index (χ2n) is 4.06. The average molecular weight is 261 g/mol. The molecule has 0 saturated heterocycles. The van der Waals surface area contributed by atoms with Gasteiger partial charge in [0.05, 0.1) is 5.56 Å². The number of hydrogen-bond acceptors (Lipinski definition) is 2. The number of aldehydes is 1. The molecule has 0 unspecified atom stereocenters. The molecule has 0 spiro atoms. The summed E-state index contributed by atoms with van der Waals surface area (Å²) in [6.07, 6.45) is 0.831. The lowest BCUT2D eigenvalue weighted by atomic mass is 10.0. The van der Waals surface area contributed by atoms with E-state index in [1.165, 1.54) is 5.54 Å². The lowest BCUT2D eigenvalue weighted by Crippen LogP contribution is -2.01. The zero-order valence-electron chi connectivity index (χ0n) is 10.0. The number of hydrogen-bond donors (Lipinski definition) is 0. The van der Waals surface area contributed by atoms with E-state index >= 15 is 0 Å². The summed E-state index contributed by atoms with van der Waals surface area (Å²) in [6.45, 7) is 2.25. The molecule has 3 heteroatoms. The van der Waals surface area contributed by atoms with Gasteiger partial charge >= 0.3 is 0 Å². The highest BCUT2D eigenvalue weighted by molar-refractivity contribution is 6.25. The Hall–Kier alpha value is -1.80. The van der Waals surface area contributed by atoms with Crippen LogP contribution in [0.3, 0.4) is 0 Å². The molecule has 0 aromatic heterocycles. The third-order valence-electron chi connectivity index (χ3n) is 2.69. The summed E-state index contributed by atoms with van der Waals surface area (Å²) in [5.41, 5.74) is 2.96. The molecule has 0 aliphatic carbocycles. The first-order valence-corrected chi connectivity index (χ1v) is 6.05. The minimum absolute atomic E-state index is 0.378. The van der Waals surface area contributed by atoms with Crippen molar-refractivity contribution in [2.75, 3.05) is 6.61 Å². The van der Waals surface area contributed by atoms with Crippen molar-refractivity contribution >= 4 is 28.7 Å². The van der Waals surface area contributed by atoms with Gasteiger partial charge in [-0.2, -0.15) is 0 Å². The predicted octanol–water partition coefficient (Wildman–Crippen LogP) is 4.17. The van der Waals surface area contributed by atoms with Crippen LogP contribution in [0.25, 0.3) is 10.8 Å². The molecule has 2 nitrogen and oxygen atoms in total. The quantitative estimate of drug-likeness (QED) is 0.771. The fraction of sp³-hybridized carbons (Fsp3) is 0.133. The van der Waals surface area contributed by atoms with E-state index in [1.807, 2.05) is 43.3 Å². The molecule has 0 radical (unpaired) electrons. The van der Waals surface area contributed by atoms with E-state index in [4.69, 9.17) is 16.3 Å². The van der Waals surface area contributed by atoms with Crippen LogP contribution in [0.15, 0.2) is 47.5 Å². The Bertz CT molecular complexity index is 602. The van der Waals surface area contributed by atoms with Crippen LogP contribution >= 0.6 is 11.6 Å². The Morgan fingerprint density at radius 1 is 1.28 bits per heavy atom. The fourth-order valence-corrected chi connectivity index (χ4v) is 1.81. The normalized spacial score (nSPS) is 11.6. The maximum absolute atomic E-state index is 11.2. The highest BCUT2D eigenvalue weighted by atomic mass is 35.5. The van der Waals surface area contributed by atoms with E-state index in [1.54, 1.807) is 0 Å². The van der Waals surface area contributed by atoms with Gasteiger partial charge in [0.15, 0.2) is 6.29 Å². The lowest BCUT2D eigenvalue weighted by Gasteiger charge is -2.10. The Kier molecular flexibility index (Phi) is 4.00. The maximum Gasteiger partial charge on any atom is 0.154 e. The summed E-state index contributed by atoms with van der Waals surface area (Å²) in [7, 11) is 0. The third kappa shape index (κ3) is 2.54. The Labute approximate surface area is 111 Å². The number of ether oxygens (including phenoxy) is 1. The summed E-state index contributed by atoms with van der Waals surface area (Å²) >= 11 is 5.58. The van der Waals surface area contributed by atoms with E-state index in [0.717, 1.165) is 22.6 Å². The Balaban J connectivity index is 2.42. The molecule has 0 atom stereocenters. The van der Waals surface area contributed by atoms with Crippen molar-refractivity contribution < 1.29 is 9.53 Å². The van der Waals surface area contributed by atoms with Crippen molar-refractivity contribution in [3.8, 4) is 5.75 Å². The molecule has 92 valence electrons. The van der Waals surface area contributed by atoms with Gasteiger partial charge in [-0.3, -0.25) is 4.79 Å². The summed E-state index contributed by atoms with van der Waals surface area (Å²) < 4.78 is 5.60. The van der Waals surface area contributed by atoms with Gasteiger partial charge in [-0.05, 0) is 29.3 Å². The van der Waals surface area contributed by atoms with Crippen LogP contribution in [0.4, 0.5) is 0 Å². The van der Waals surface area contributed by atoms with Gasteiger partial charge in [0.25, 0.3) is 0 Å². The average Bonchev–Trinajstić information content (AvgIpc) is 2.43. The fourth-order valence-electron chi connectivity index (χ4n) is 1.75. The first-order valence-electron chi connectivity index (χ1n) is 5.62. The van der Waals surface area contributed by atoms with Crippen molar-refractivity contribution in [3.05, 3.63) is 53.1 Å². The van der Waals surface area contributed by atoms with Crippen molar-refractivity contribution in [1.29, 1.82) is 0 Å². The molecule has 2 aromatic rings. The van der Waals surface area contributed by atoms with Gasteiger partial charge in [0, 0.05) is 5.54 Å². The molecule has 0 heterocycles. The first kappa shape index (κ1) is 12.7. The molecule has 0 amide bonds. The van der Waals surface area contributed by atoms with E-state index in [2.05, 4.69) is 0 Å². The van der Waals surface area contributed by atoms with Gasteiger partial charge in [0.2, 0.25) is 0 Å². The predicted molar refractivity (Wildman–Crippen MR) is 74.4 cm³/mol. The number of rotatable bonds is 4. The van der Waals surface area contributed by atoms with Gasteiger partial charge in [0.1, 0.15) is 12.4 Å². The molecule has 0 saturated carbocycles. The molecule has 2 aromatic carbocycles. The van der Waals surface area contributed by atoms with Crippen LogP contribution in [0, 0.1) is 0 Å². The number of carbonyl (C=O) groups is 1. The Morgan fingerprint density at radius 2 is 2.06 bits per heavy atom. The molecular formula is C15H13ClO2. The SMILES string of the molecule is C/C(=C/Cl)COc1ccc2ccccc2c1C=O. The molecule has 2 rings (SSSR count). The van der Waals surface area contributed by atoms with E-state index in [0.29, 0.717) is 17.9 Å². The van der Waals surface area contributed by atoms with Crippen LogP contribution in [-0.2, 0) is 0 Å². The molecule has 18 heavy (non-hydrogen) atoms. The largest absolute Gasteiger partial charge is 0.488 e. The van der Waals surface area contributed by atoms with E-state index in [9.17, 15) is 4.79 Å². The summed E-state index contributed by atoms with van der Waals surface area (Å²) in [4.78, 5) is 11.2. The summed E-state index contributed by atoms with van der Waals surface area (Å²) in [5, 5.41) is 1.93. The van der Waals surface area contributed by atoms with Crippen molar-refractivity contribution in [3.63, 3.8) is 0 Å². The highest BCUT2D eigenvalue weighted by Crippen LogP contribution is 2.26. The monoisotopic (exact) mass is 260 g/mol. The number of benzene rings is 2. The topological polar surface area (TPSA) is 26.3 Å². The summed E-state index contributed by atoms with van der Waals surface area (Å²) in [6, 6.07) is 11.5. The van der Waals surface area contributed by atoms with Crippen LogP contribution in [0.2, 0.25) is 0 Å². The molecule has 0 bridgehead atoms. The number of fused-ring (bicyclic) bond motifs is 1. The molecule has 0 aliphatic rings.